The molecular weight excluding hydrogens is 416 g/mol. The van der Waals surface area contributed by atoms with E-state index in [1.165, 1.54) is 0 Å². The van der Waals surface area contributed by atoms with Crippen LogP contribution in [0.2, 0.25) is 0 Å². The zero-order chi connectivity index (χ0) is 15.6. The number of nitrogens with two attached hydrogens (primary N) is 1. The zero-order valence-corrected chi connectivity index (χ0v) is 15.1. The van der Waals surface area contributed by atoms with Crippen LogP contribution in [0.3, 0.4) is 0 Å². The number of thiocarbonyl (C=S) groups is 1. The second kappa shape index (κ2) is 6.68. The molecule has 0 fully saturated rings. The normalized spacial score (nSPS) is 10.2. The monoisotopic (exact) mass is 426 g/mol. The minimum atomic E-state index is -0.163. The molecule has 0 saturated carbocycles. The van der Waals surface area contributed by atoms with Crippen molar-refractivity contribution in [2.24, 2.45) is 5.73 Å². The van der Waals surface area contributed by atoms with E-state index in [0.29, 0.717) is 16.2 Å². The molecule has 0 aliphatic carbocycles. The number of hydrogen-bond donors (Lipinski definition) is 2. The second-order valence-corrected chi connectivity index (χ2v) is 6.68. The Kier molecular flexibility index (Phi) is 5.13. The molecule has 0 spiro atoms. The Hall–Kier alpha value is -1.24. The van der Waals surface area contributed by atoms with Gasteiger partial charge in [0, 0.05) is 20.1 Å². The number of carbonyl (C=O) groups is 1. The number of amides is 1. The van der Waals surface area contributed by atoms with Crippen LogP contribution >= 0.6 is 44.1 Å². The molecule has 108 valence electrons. The molecule has 0 aliphatic rings. The molecule has 21 heavy (non-hydrogen) atoms. The molecule has 0 saturated heterocycles. The number of nitrogens with one attached hydrogen (secondary N) is 1. The van der Waals surface area contributed by atoms with E-state index in [9.17, 15) is 4.79 Å². The average molecular weight is 428 g/mol. The molecular formula is C15H12Br2N2OS. The van der Waals surface area contributed by atoms with Gasteiger partial charge in [0.15, 0.2) is 0 Å². The number of benzene rings is 2. The van der Waals surface area contributed by atoms with E-state index in [-0.39, 0.29) is 5.91 Å². The van der Waals surface area contributed by atoms with E-state index in [4.69, 9.17) is 18.0 Å². The first-order valence-corrected chi connectivity index (χ1v) is 8.05. The SMILES string of the molecule is Cc1cc(Br)ccc1C(=O)Nc1ccc(C(N)=S)cc1Br. The van der Waals surface area contributed by atoms with Gasteiger partial charge in [-0.25, -0.2) is 0 Å². The van der Waals surface area contributed by atoms with Gasteiger partial charge in [-0.05, 0) is 64.8 Å². The summed E-state index contributed by atoms with van der Waals surface area (Å²) in [6, 6.07) is 10.9. The van der Waals surface area contributed by atoms with E-state index >= 15 is 0 Å². The molecule has 1 amide bonds. The molecule has 2 aromatic carbocycles. The predicted octanol–water partition coefficient (Wildman–Crippen LogP) is 4.41. The van der Waals surface area contributed by atoms with Crippen LogP contribution in [-0.2, 0) is 0 Å². The van der Waals surface area contributed by atoms with Gasteiger partial charge in [-0.1, -0.05) is 28.1 Å². The van der Waals surface area contributed by atoms with Gasteiger partial charge in [0.05, 0.1) is 5.69 Å². The third-order valence-electron chi connectivity index (χ3n) is 2.93. The first-order chi connectivity index (χ1) is 9.88. The molecule has 0 atom stereocenters. The molecule has 0 aromatic heterocycles. The lowest BCUT2D eigenvalue weighted by molar-refractivity contribution is 0.102. The van der Waals surface area contributed by atoms with Gasteiger partial charge in [0.2, 0.25) is 0 Å². The fraction of sp³-hybridized carbons (Fsp3) is 0.0667. The van der Waals surface area contributed by atoms with Crippen molar-refractivity contribution in [1.29, 1.82) is 0 Å². The summed E-state index contributed by atoms with van der Waals surface area (Å²) >= 11 is 11.7. The molecule has 0 radical (unpaired) electrons. The minimum Gasteiger partial charge on any atom is -0.389 e. The Bertz CT molecular complexity index is 732. The lowest BCUT2D eigenvalue weighted by Crippen LogP contribution is -2.14. The highest BCUT2D eigenvalue weighted by Gasteiger charge is 2.11. The van der Waals surface area contributed by atoms with Gasteiger partial charge in [-0.3, -0.25) is 4.79 Å². The van der Waals surface area contributed by atoms with Crippen LogP contribution in [0.15, 0.2) is 45.3 Å². The van der Waals surface area contributed by atoms with Crippen LogP contribution in [0.25, 0.3) is 0 Å². The lowest BCUT2D eigenvalue weighted by atomic mass is 10.1. The predicted molar refractivity (Wildman–Crippen MR) is 96.9 cm³/mol. The third kappa shape index (κ3) is 3.90. The molecule has 3 N–H and O–H groups in total. The summed E-state index contributed by atoms with van der Waals surface area (Å²) in [5.74, 6) is -0.163. The fourth-order valence-electron chi connectivity index (χ4n) is 1.84. The van der Waals surface area contributed by atoms with Crippen LogP contribution in [0, 0.1) is 6.92 Å². The minimum absolute atomic E-state index is 0.163. The van der Waals surface area contributed by atoms with Crippen LogP contribution < -0.4 is 11.1 Å². The molecule has 2 aromatic rings. The fourth-order valence-corrected chi connectivity index (χ4v) is 2.92. The molecule has 6 heteroatoms. The summed E-state index contributed by atoms with van der Waals surface area (Å²) in [7, 11) is 0. The standard InChI is InChI=1S/C15H12Br2N2OS/c1-8-6-10(16)3-4-11(8)15(20)19-13-5-2-9(14(18)21)7-12(13)17/h2-7H,1H3,(H2,18,21)(H,19,20). The Labute approximate surface area is 145 Å². The number of hydrogen-bond acceptors (Lipinski definition) is 2. The van der Waals surface area contributed by atoms with E-state index in [2.05, 4.69) is 37.2 Å². The van der Waals surface area contributed by atoms with Crippen LogP contribution in [0.5, 0.6) is 0 Å². The average Bonchev–Trinajstić information content (AvgIpc) is 2.40. The molecule has 0 unspecified atom stereocenters. The molecule has 0 bridgehead atoms. The van der Waals surface area contributed by atoms with Crippen molar-refractivity contribution in [3.05, 3.63) is 62.0 Å². The topological polar surface area (TPSA) is 55.1 Å². The summed E-state index contributed by atoms with van der Waals surface area (Å²) in [6.07, 6.45) is 0. The van der Waals surface area contributed by atoms with Crippen molar-refractivity contribution in [2.75, 3.05) is 5.32 Å². The van der Waals surface area contributed by atoms with Crippen molar-refractivity contribution >= 4 is 60.7 Å². The maximum atomic E-state index is 12.3. The van der Waals surface area contributed by atoms with E-state index in [0.717, 1.165) is 20.1 Å². The van der Waals surface area contributed by atoms with Gasteiger partial charge in [-0.15, -0.1) is 0 Å². The van der Waals surface area contributed by atoms with Gasteiger partial charge < -0.3 is 11.1 Å². The van der Waals surface area contributed by atoms with E-state index in [1.807, 2.05) is 19.1 Å². The number of carbonyl (C=O) groups excluding carboxylic acids is 1. The number of anilines is 1. The van der Waals surface area contributed by atoms with Crippen molar-refractivity contribution in [3.63, 3.8) is 0 Å². The second-order valence-electron chi connectivity index (χ2n) is 4.47. The Morgan fingerprint density at radius 2 is 1.90 bits per heavy atom. The summed E-state index contributed by atoms with van der Waals surface area (Å²) < 4.78 is 1.68. The van der Waals surface area contributed by atoms with Gasteiger partial charge in [0.1, 0.15) is 4.99 Å². The van der Waals surface area contributed by atoms with E-state index < -0.39 is 0 Å². The zero-order valence-electron chi connectivity index (χ0n) is 11.1. The smallest absolute Gasteiger partial charge is 0.255 e. The molecule has 3 nitrogen and oxygen atoms in total. The summed E-state index contributed by atoms with van der Waals surface area (Å²) in [6.45, 7) is 1.89. The van der Waals surface area contributed by atoms with Crippen molar-refractivity contribution in [2.45, 2.75) is 6.92 Å². The number of halogens is 2. The van der Waals surface area contributed by atoms with Crippen LogP contribution in [0.4, 0.5) is 5.69 Å². The maximum Gasteiger partial charge on any atom is 0.255 e. The summed E-state index contributed by atoms with van der Waals surface area (Å²) in [5.41, 5.74) is 8.52. The van der Waals surface area contributed by atoms with Crippen molar-refractivity contribution in [1.82, 2.24) is 0 Å². The molecule has 0 heterocycles. The molecule has 0 aliphatic heterocycles. The number of aryl methyl sites for hydroxylation is 1. The van der Waals surface area contributed by atoms with Crippen LogP contribution in [0.1, 0.15) is 21.5 Å². The van der Waals surface area contributed by atoms with Gasteiger partial charge in [-0.2, -0.15) is 0 Å². The highest BCUT2D eigenvalue weighted by atomic mass is 79.9. The first kappa shape index (κ1) is 16.1. The Morgan fingerprint density at radius 1 is 1.19 bits per heavy atom. The maximum absolute atomic E-state index is 12.3. The highest BCUT2D eigenvalue weighted by molar-refractivity contribution is 9.10. The van der Waals surface area contributed by atoms with Crippen LogP contribution in [-0.4, -0.2) is 10.9 Å². The highest BCUT2D eigenvalue weighted by Crippen LogP contribution is 2.25. The third-order valence-corrected chi connectivity index (χ3v) is 4.32. The van der Waals surface area contributed by atoms with Crippen molar-refractivity contribution < 1.29 is 4.79 Å². The number of rotatable bonds is 3. The Balaban J connectivity index is 2.25. The first-order valence-electron chi connectivity index (χ1n) is 6.05. The largest absolute Gasteiger partial charge is 0.389 e. The molecule has 2 rings (SSSR count). The van der Waals surface area contributed by atoms with E-state index in [1.54, 1.807) is 24.3 Å². The summed E-state index contributed by atoms with van der Waals surface area (Å²) in [4.78, 5) is 12.6. The summed E-state index contributed by atoms with van der Waals surface area (Å²) in [5, 5.41) is 2.87. The quantitative estimate of drug-likeness (QED) is 0.713. The van der Waals surface area contributed by atoms with Crippen molar-refractivity contribution in [3.8, 4) is 0 Å². The lowest BCUT2D eigenvalue weighted by Gasteiger charge is -2.10. The van der Waals surface area contributed by atoms with Gasteiger partial charge >= 0.3 is 0 Å². The Morgan fingerprint density at radius 3 is 2.48 bits per heavy atom. The van der Waals surface area contributed by atoms with Gasteiger partial charge in [0.25, 0.3) is 5.91 Å².